The van der Waals surface area contributed by atoms with Gasteiger partial charge in [-0.05, 0) is 85.7 Å². The molecule has 1 spiro atoms. The summed E-state index contributed by atoms with van der Waals surface area (Å²) in [6, 6.07) is 6.94. The number of esters is 2. The first kappa shape index (κ1) is 22.4. The Bertz CT molecular complexity index is 843. The van der Waals surface area contributed by atoms with Gasteiger partial charge in [0.15, 0.2) is 0 Å². The van der Waals surface area contributed by atoms with Crippen molar-refractivity contribution in [2.75, 3.05) is 0 Å². The molecule has 1 aromatic rings. The summed E-state index contributed by atoms with van der Waals surface area (Å²) in [5.74, 6) is -0.292. The Morgan fingerprint density at radius 1 is 0.806 bits per heavy atom. The van der Waals surface area contributed by atoms with Gasteiger partial charge < -0.3 is 9.47 Å². The molecule has 0 bridgehead atoms. The third-order valence-corrected chi connectivity index (χ3v) is 7.51. The van der Waals surface area contributed by atoms with E-state index in [4.69, 9.17) is 9.47 Å². The van der Waals surface area contributed by atoms with Gasteiger partial charge in [-0.2, -0.15) is 0 Å². The average molecular weight is 427 g/mol. The minimum absolute atomic E-state index is 0.0807. The summed E-state index contributed by atoms with van der Waals surface area (Å²) < 4.78 is 11.9. The molecule has 0 amide bonds. The molecular weight excluding hydrogens is 388 g/mol. The maximum absolute atomic E-state index is 13.1. The molecule has 3 saturated carbocycles. The van der Waals surface area contributed by atoms with Crippen LogP contribution in [0.1, 0.15) is 107 Å². The first-order valence-corrected chi connectivity index (χ1v) is 12.0. The van der Waals surface area contributed by atoms with Gasteiger partial charge in [0.1, 0.15) is 12.2 Å². The summed E-state index contributed by atoms with van der Waals surface area (Å²) in [5.41, 5.74) is 1.36. The second-order valence-corrected chi connectivity index (χ2v) is 12.3. The van der Waals surface area contributed by atoms with Crippen LogP contribution in [-0.2, 0) is 9.47 Å². The second-order valence-electron chi connectivity index (χ2n) is 12.3. The number of carbonyl (C=O) groups is 2. The first-order chi connectivity index (χ1) is 14.5. The van der Waals surface area contributed by atoms with Crippen LogP contribution in [0.5, 0.6) is 0 Å². The monoisotopic (exact) mass is 426 g/mol. The van der Waals surface area contributed by atoms with E-state index in [0.29, 0.717) is 22.5 Å². The number of ether oxygens (including phenoxy) is 2. The van der Waals surface area contributed by atoms with Gasteiger partial charge in [0.05, 0.1) is 11.1 Å². The van der Waals surface area contributed by atoms with Crippen LogP contribution < -0.4 is 0 Å². The lowest BCUT2D eigenvalue weighted by molar-refractivity contribution is -0.0160. The largest absolute Gasteiger partial charge is 0.459 e. The fraction of sp³-hybridized carbons (Fsp3) is 0.704. The molecule has 3 fully saturated rings. The highest BCUT2D eigenvalue weighted by atomic mass is 16.6. The molecule has 0 aromatic heterocycles. The molecule has 4 nitrogen and oxygen atoms in total. The Morgan fingerprint density at radius 3 is 1.90 bits per heavy atom. The molecule has 3 atom stereocenters. The van der Waals surface area contributed by atoms with Crippen LogP contribution in [0.4, 0.5) is 0 Å². The fourth-order valence-corrected chi connectivity index (χ4v) is 6.59. The van der Waals surface area contributed by atoms with Crippen molar-refractivity contribution >= 4 is 11.9 Å². The van der Waals surface area contributed by atoms with Crippen molar-refractivity contribution in [1.82, 2.24) is 0 Å². The Kier molecular flexibility index (Phi) is 5.72. The molecule has 4 rings (SSSR count). The molecule has 0 aliphatic heterocycles. The third kappa shape index (κ3) is 5.32. The lowest BCUT2D eigenvalue weighted by Gasteiger charge is -2.40. The minimum atomic E-state index is -0.412. The molecule has 170 valence electrons. The molecule has 0 N–H and O–H groups in total. The van der Waals surface area contributed by atoms with Crippen LogP contribution in [0.25, 0.3) is 0 Å². The summed E-state index contributed by atoms with van der Waals surface area (Å²) in [6.45, 7) is 11.2. The van der Waals surface area contributed by atoms with Crippen LogP contribution in [0.2, 0.25) is 0 Å². The van der Waals surface area contributed by atoms with Gasteiger partial charge in [0, 0.05) is 0 Å². The lowest BCUT2D eigenvalue weighted by atomic mass is 9.69. The zero-order valence-electron chi connectivity index (χ0n) is 19.8. The van der Waals surface area contributed by atoms with Gasteiger partial charge in [0.25, 0.3) is 0 Å². The quantitative estimate of drug-likeness (QED) is 0.511. The van der Waals surface area contributed by atoms with Gasteiger partial charge in [-0.25, -0.2) is 9.59 Å². The zero-order valence-corrected chi connectivity index (χ0v) is 19.8. The van der Waals surface area contributed by atoms with Gasteiger partial charge >= 0.3 is 11.9 Å². The summed E-state index contributed by atoms with van der Waals surface area (Å²) >= 11 is 0. The standard InChI is InChI=1S/C27H38O4/c1-18-12-19(14-25(2,3)13-18)30-23(28)21-8-6-7-9-22(21)24(29)31-20-15-26(4,5)17-27(16-20)10-11-27/h6-9,18-20H,10-17H2,1-5H3/t18-,19+,20-/m0/s1. The first-order valence-electron chi connectivity index (χ1n) is 12.0. The van der Waals surface area contributed by atoms with E-state index >= 15 is 0 Å². The molecule has 31 heavy (non-hydrogen) atoms. The van der Waals surface area contributed by atoms with Gasteiger partial charge in [-0.3, -0.25) is 0 Å². The van der Waals surface area contributed by atoms with Crippen LogP contribution in [0.3, 0.4) is 0 Å². The molecule has 3 aliphatic rings. The van der Waals surface area contributed by atoms with Crippen molar-refractivity contribution in [2.24, 2.45) is 22.2 Å². The summed E-state index contributed by atoms with van der Waals surface area (Å²) in [7, 11) is 0. The van der Waals surface area contributed by atoms with E-state index < -0.39 is 11.9 Å². The number of benzene rings is 1. The number of carbonyl (C=O) groups excluding carboxylic acids is 2. The third-order valence-electron chi connectivity index (χ3n) is 7.51. The zero-order chi connectivity index (χ0) is 22.4. The fourth-order valence-electron chi connectivity index (χ4n) is 6.59. The molecule has 0 heterocycles. The van der Waals surface area contributed by atoms with E-state index in [1.54, 1.807) is 24.3 Å². The van der Waals surface area contributed by atoms with Gasteiger partial charge in [0.2, 0.25) is 0 Å². The molecular formula is C27H38O4. The SMILES string of the molecule is C[C@H]1C[C@@H](OC(=O)c2ccccc2C(=O)O[C@H]2CC(C)(C)CC3(CC3)C2)CC(C)(C)C1. The molecule has 3 aliphatic carbocycles. The highest BCUT2D eigenvalue weighted by molar-refractivity contribution is 6.03. The predicted molar refractivity (Wildman–Crippen MR) is 121 cm³/mol. The van der Waals surface area contributed by atoms with E-state index in [-0.39, 0.29) is 23.0 Å². The molecule has 4 heteroatoms. The lowest BCUT2D eigenvalue weighted by Crippen LogP contribution is -2.36. The summed E-state index contributed by atoms with van der Waals surface area (Å²) in [6.07, 6.45) is 8.21. The van der Waals surface area contributed by atoms with Gasteiger partial charge in [-0.1, -0.05) is 46.8 Å². The highest BCUT2D eigenvalue weighted by Gasteiger charge is 2.52. The van der Waals surface area contributed by atoms with Crippen molar-refractivity contribution < 1.29 is 19.1 Å². The molecule has 0 saturated heterocycles. The van der Waals surface area contributed by atoms with Crippen molar-refractivity contribution in [3.05, 3.63) is 35.4 Å². The van der Waals surface area contributed by atoms with Crippen molar-refractivity contribution in [3.63, 3.8) is 0 Å². The van der Waals surface area contributed by atoms with E-state index in [2.05, 4.69) is 34.6 Å². The molecule has 1 aromatic carbocycles. The van der Waals surface area contributed by atoms with Crippen molar-refractivity contribution in [1.29, 1.82) is 0 Å². The maximum atomic E-state index is 13.1. The predicted octanol–water partition coefficient (Wildman–Crippen LogP) is 6.57. The number of hydrogen-bond donors (Lipinski definition) is 0. The Balaban J connectivity index is 1.45. The highest BCUT2D eigenvalue weighted by Crippen LogP contribution is 2.61. The Hall–Kier alpha value is -1.84. The van der Waals surface area contributed by atoms with E-state index in [1.807, 2.05) is 0 Å². The van der Waals surface area contributed by atoms with Crippen molar-refractivity contribution in [3.8, 4) is 0 Å². The van der Waals surface area contributed by atoms with E-state index in [1.165, 1.54) is 19.3 Å². The Labute approximate surface area is 187 Å². The van der Waals surface area contributed by atoms with Crippen LogP contribution in [-0.4, -0.2) is 24.1 Å². The number of rotatable bonds is 4. The Morgan fingerprint density at radius 2 is 1.35 bits per heavy atom. The second kappa shape index (κ2) is 7.94. The molecule has 0 radical (unpaired) electrons. The topological polar surface area (TPSA) is 52.6 Å². The number of hydrogen-bond acceptors (Lipinski definition) is 4. The van der Waals surface area contributed by atoms with Crippen molar-refractivity contribution in [2.45, 2.75) is 98.2 Å². The van der Waals surface area contributed by atoms with Gasteiger partial charge in [-0.15, -0.1) is 0 Å². The summed E-state index contributed by atoms with van der Waals surface area (Å²) in [4.78, 5) is 26.1. The van der Waals surface area contributed by atoms with Crippen LogP contribution in [0.15, 0.2) is 24.3 Å². The molecule has 0 unspecified atom stereocenters. The average Bonchev–Trinajstić information content (AvgIpc) is 3.35. The summed E-state index contributed by atoms with van der Waals surface area (Å²) in [5, 5.41) is 0. The maximum Gasteiger partial charge on any atom is 0.339 e. The van der Waals surface area contributed by atoms with Crippen LogP contribution >= 0.6 is 0 Å². The van der Waals surface area contributed by atoms with E-state index in [9.17, 15) is 9.59 Å². The normalized spacial score (nSPS) is 30.4. The van der Waals surface area contributed by atoms with E-state index in [0.717, 1.165) is 32.1 Å². The van der Waals surface area contributed by atoms with Crippen LogP contribution in [0, 0.1) is 22.2 Å². The smallest absolute Gasteiger partial charge is 0.339 e. The minimum Gasteiger partial charge on any atom is -0.459 e.